The Kier molecular flexibility index (Phi) is 6.06. The van der Waals surface area contributed by atoms with Crippen molar-refractivity contribution in [2.24, 2.45) is 7.05 Å². The minimum absolute atomic E-state index is 0.0937. The van der Waals surface area contributed by atoms with E-state index < -0.39 is 0 Å². The van der Waals surface area contributed by atoms with Crippen LogP contribution < -0.4 is 0 Å². The van der Waals surface area contributed by atoms with E-state index in [9.17, 15) is 4.79 Å². The lowest BCUT2D eigenvalue weighted by atomic mass is 10.1. The number of piperazine rings is 1. The highest BCUT2D eigenvalue weighted by Crippen LogP contribution is 2.27. The van der Waals surface area contributed by atoms with E-state index in [1.807, 2.05) is 39.5 Å². The Labute approximate surface area is 196 Å². The van der Waals surface area contributed by atoms with E-state index in [4.69, 9.17) is 5.10 Å². The summed E-state index contributed by atoms with van der Waals surface area (Å²) in [5.74, 6) is 0.0937. The van der Waals surface area contributed by atoms with Crippen molar-refractivity contribution in [3.05, 3.63) is 64.2 Å². The molecule has 0 saturated carbocycles. The molecule has 0 atom stereocenters. The number of benzene rings is 1. The Balaban J connectivity index is 1.33. The van der Waals surface area contributed by atoms with Crippen LogP contribution >= 0.6 is 0 Å². The Morgan fingerprint density at radius 1 is 0.939 bits per heavy atom. The molecule has 3 heterocycles. The van der Waals surface area contributed by atoms with Gasteiger partial charge in [0.1, 0.15) is 0 Å². The summed E-state index contributed by atoms with van der Waals surface area (Å²) in [5, 5.41) is 9.44. The van der Waals surface area contributed by atoms with Gasteiger partial charge in [0, 0.05) is 62.3 Å². The molecule has 1 aromatic carbocycles. The number of fused-ring (bicyclic) bond motifs is 1. The van der Waals surface area contributed by atoms with Crippen molar-refractivity contribution in [3.63, 3.8) is 0 Å². The topological polar surface area (TPSA) is 59.2 Å². The number of amides is 1. The molecular formula is C26H34N6O. The normalized spacial score (nSPS) is 17.1. The molecule has 174 valence electrons. The average Bonchev–Trinajstić information content (AvgIpc) is 3.18. The fourth-order valence-electron chi connectivity index (χ4n) is 5.26. The number of carbonyl (C=O) groups excluding carboxylic acids is 1. The lowest BCUT2D eigenvalue weighted by molar-refractivity contribution is 0.0620. The minimum Gasteiger partial charge on any atom is -0.335 e. The molecule has 7 heteroatoms. The second kappa shape index (κ2) is 9.14. The molecule has 5 rings (SSSR count). The number of aryl methyl sites for hydroxylation is 2. The van der Waals surface area contributed by atoms with Gasteiger partial charge in [-0.2, -0.15) is 10.2 Å². The smallest absolute Gasteiger partial charge is 0.274 e. The Hall–Kier alpha value is -2.93. The number of nitrogens with zero attached hydrogens (tertiary/aromatic N) is 6. The van der Waals surface area contributed by atoms with E-state index >= 15 is 0 Å². The number of hydrogen-bond acceptors (Lipinski definition) is 4. The highest BCUT2D eigenvalue weighted by atomic mass is 16.2. The highest BCUT2D eigenvalue weighted by Gasteiger charge is 2.30. The molecule has 1 saturated heterocycles. The fraction of sp³-hybridized carbons (Fsp3) is 0.500. The van der Waals surface area contributed by atoms with Crippen molar-refractivity contribution < 1.29 is 4.79 Å². The van der Waals surface area contributed by atoms with Gasteiger partial charge in [-0.3, -0.25) is 14.4 Å². The quantitative estimate of drug-likeness (QED) is 0.576. The van der Waals surface area contributed by atoms with Gasteiger partial charge in [0.05, 0.1) is 11.4 Å². The third kappa shape index (κ3) is 4.22. The molecule has 0 spiro atoms. The van der Waals surface area contributed by atoms with Gasteiger partial charge >= 0.3 is 0 Å². The number of hydrogen-bond donors (Lipinski definition) is 0. The van der Waals surface area contributed by atoms with Gasteiger partial charge in [-0.15, -0.1) is 0 Å². The summed E-state index contributed by atoms with van der Waals surface area (Å²) in [6.07, 6.45) is 5.43. The molecule has 7 nitrogen and oxygen atoms in total. The first-order chi connectivity index (χ1) is 16.0. The van der Waals surface area contributed by atoms with Gasteiger partial charge in [0.2, 0.25) is 0 Å². The monoisotopic (exact) mass is 446 g/mol. The summed E-state index contributed by atoms with van der Waals surface area (Å²) in [7, 11) is 2.00. The lowest BCUT2D eigenvalue weighted by Gasteiger charge is -2.34. The summed E-state index contributed by atoms with van der Waals surface area (Å²) in [5.41, 5.74) is 7.74. The highest BCUT2D eigenvalue weighted by molar-refractivity contribution is 5.94. The summed E-state index contributed by atoms with van der Waals surface area (Å²) in [4.78, 5) is 18.1. The van der Waals surface area contributed by atoms with Crippen LogP contribution in [0.1, 0.15) is 58.0 Å². The molecule has 1 aliphatic carbocycles. The molecule has 0 radical (unpaired) electrons. The minimum atomic E-state index is 0.0937. The summed E-state index contributed by atoms with van der Waals surface area (Å²) in [6, 6.07) is 10.2. The van der Waals surface area contributed by atoms with Gasteiger partial charge in [0.15, 0.2) is 5.69 Å². The SMILES string of the molecule is Cc1nn(C)c(C)c1CN1CCN(C(=O)c2nn(-c3ccccc3)c3c2CCCCC3)CC1. The summed E-state index contributed by atoms with van der Waals surface area (Å²) < 4.78 is 3.98. The molecule has 1 amide bonds. The Bertz CT molecular complexity index is 1140. The Morgan fingerprint density at radius 3 is 2.36 bits per heavy atom. The van der Waals surface area contributed by atoms with Crippen molar-refractivity contribution in [3.8, 4) is 5.69 Å². The van der Waals surface area contributed by atoms with Crippen molar-refractivity contribution >= 4 is 5.91 Å². The van der Waals surface area contributed by atoms with Crippen LogP contribution in [0.4, 0.5) is 0 Å². The van der Waals surface area contributed by atoms with E-state index in [1.54, 1.807) is 0 Å². The maximum atomic E-state index is 13.6. The van der Waals surface area contributed by atoms with Gasteiger partial charge in [-0.1, -0.05) is 24.6 Å². The zero-order valence-electron chi connectivity index (χ0n) is 20.0. The Morgan fingerprint density at radius 2 is 1.67 bits per heavy atom. The zero-order valence-corrected chi connectivity index (χ0v) is 20.0. The van der Waals surface area contributed by atoms with Gasteiger partial charge in [-0.05, 0) is 51.7 Å². The molecule has 0 unspecified atom stereocenters. The van der Waals surface area contributed by atoms with E-state index in [0.717, 1.165) is 69.8 Å². The van der Waals surface area contributed by atoms with Gasteiger partial charge in [0.25, 0.3) is 5.91 Å². The van der Waals surface area contributed by atoms with Crippen LogP contribution in [-0.4, -0.2) is 61.4 Å². The van der Waals surface area contributed by atoms with E-state index in [0.29, 0.717) is 5.69 Å². The third-order valence-electron chi connectivity index (χ3n) is 7.33. The first-order valence-corrected chi connectivity index (χ1v) is 12.2. The predicted octanol–water partition coefficient (Wildman–Crippen LogP) is 3.45. The summed E-state index contributed by atoms with van der Waals surface area (Å²) in [6.45, 7) is 8.34. The van der Waals surface area contributed by atoms with Crippen LogP contribution in [0.15, 0.2) is 30.3 Å². The standard InChI is InChI=1S/C26H34N6O/c1-19-23(20(2)29(3)27-19)18-30-14-16-31(17-15-30)26(33)25-22-12-8-5-9-13-24(22)32(28-25)21-10-6-4-7-11-21/h4,6-7,10-11H,5,8-9,12-18H2,1-3H3. The zero-order chi connectivity index (χ0) is 22.9. The number of para-hydroxylation sites is 1. The van der Waals surface area contributed by atoms with Crippen LogP contribution in [0.2, 0.25) is 0 Å². The summed E-state index contributed by atoms with van der Waals surface area (Å²) >= 11 is 0. The first kappa shape index (κ1) is 21.9. The molecule has 1 aliphatic heterocycles. The van der Waals surface area contributed by atoms with Gasteiger partial charge in [-0.25, -0.2) is 4.68 Å². The first-order valence-electron chi connectivity index (χ1n) is 12.2. The van der Waals surface area contributed by atoms with Crippen LogP contribution in [0.5, 0.6) is 0 Å². The molecule has 33 heavy (non-hydrogen) atoms. The molecule has 0 bridgehead atoms. The second-order valence-electron chi connectivity index (χ2n) is 9.42. The molecule has 2 aromatic heterocycles. The third-order valence-corrected chi connectivity index (χ3v) is 7.33. The average molecular weight is 447 g/mol. The number of rotatable bonds is 4. The van der Waals surface area contributed by atoms with Gasteiger partial charge < -0.3 is 4.90 Å². The predicted molar refractivity (Wildman–Crippen MR) is 129 cm³/mol. The van der Waals surface area contributed by atoms with Crippen LogP contribution in [0.25, 0.3) is 5.69 Å². The second-order valence-corrected chi connectivity index (χ2v) is 9.42. The number of aromatic nitrogens is 4. The van der Waals surface area contributed by atoms with Crippen molar-refractivity contribution in [1.82, 2.24) is 29.4 Å². The molecule has 1 fully saturated rings. The maximum Gasteiger partial charge on any atom is 0.274 e. The fourth-order valence-corrected chi connectivity index (χ4v) is 5.26. The van der Waals surface area contributed by atoms with Crippen LogP contribution in [-0.2, 0) is 26.4 Å². The van der Waals surface area contributed by atoms with Crippen molar-refractivity contribution in [2.45, 2.75) is 52.5 Å². The van der Waals surface area contributed by atoms with Crippen LogP contribution in [0, 0.1) is 13.8 Å². The number of carbonyl (C=O) groups is 1. The van der Waals surface area contributed by atoms with Crippen molar-refractivity contribution in [2.75, 3.05) is 26.2 Å². The van der Waals surface area contributed by atoms with Crippen molar-refractivity contribution in [1.29, 1.82) is 0 Å². The van der Waals surface area contributed by atoms with E-state index in [1.165, 1.54) is 28.9 Å². The lowest BCUT2D eigenvalue weighted by Crippen LogP contribution is -2.48. The molecule has 3 aromatic rings. The van der Waals surface area contributed by atoms with E-state index in [2.05, 4.69) is 36.0 Å². The van der Waals surface area contributed by atoms with Crippen LogP contribution in [0.3, 0.4) is 0 Å². The maximum absolute atomic E-state index is 13.6. The molecule has 2 aliphatic rings. The van der Waals surface area contributed by atoms with E-state index in [-0.39, 0.29) is 5.91 Å². The molecule has 0 N–H and O–H groups in total. The largest absolute Gasteiger partial charge is 0.335 e. The molecular weight excluding hydrogens is 412 g/mol.